The van der Waals surface area contributed by atoms with Crippen LogP contribution in [0.1, 0.15) is 0 Å². The van der Waals surface area contributed by atoms with E-state index in [2.05, 4.69) is 0 Å². The van der Waals surface area contributed by atoms with Crippen LogP contribution in [0.3, 0.4) is 0 Å². The fourth-order valence-corrected chi connectivity index (χ4v) is 0. The minimum absolute atomic E-state index is 0. The number of rotatable bonds is 0. The Balaban J connectivity index is -0.0000000383. The summed E-state index contributed by atoms with van der Waals surface area (Å²) in [6.45, 7) is 0. The van der Waals surface area contributed by atoms with Crippen LogP contribution in [0.4, 0.5) is 4.79 Å². The van der Waals surface area contributed by atoms with Crippen LogP contribution in [0.25, 0.3) is 0 Å². The number of carboxylic acid groups (broad SMARTS) is 2. The van der Waals surface area contributed by atoms with E-state index in [1.807, 2.05) is 0 Å². The maximum Gasteiger partial charge on any atom is 2.00 e. The van der Waals surface area contributed by atoms with Gasteiger partial charge in [0.2, 0.25) is 0 Å². The summed E-state index contributed by atoms with van der Waals surface area (Å²) in [6.07, 6.45) is -2.33. The maximum absolute atomic E-state index is 8.74. The zero-order valence-electron chi connectivity index (χ0n) is 4.55. The number of hydrogen-bond acceptors (Lipinski definition) is 5. The van der Waals surface area contributed by atoms with E-state index in [-0.39, 0.29) is 60.8 Å². The van der Waals surface area contributed by atoms with Gasteiger partial charge in [-0.25, -0.2) is 0 Å². The molecule has 0 spiro atoms. The van der Waals surface area contributed by atoms with E-state index in [0.717, 1.165) is 0 Å². The maximum atomic E-state index is 8.74. The fraction of sp³-hybridized carbons (Fsp3) is 0. The Morgan fingerprint density at radius 1 is 1.18 bits per heavy atom. The molecule has 0 aliphatic heterocycles. The Morgan fingerprint density at radius 2 is 1.18 bits per heavy atom. The van der Waals surface area contributed by atoms with Gasteiger partial charge in [0.05, 0.1) is 0 Å². The second-order valence-corrected chi connectivity index (χ2v) is 1.59. The summed E-state index contributed by atoms with van der Waals surface area (Å²) in [5, 5.41) is 16.7. The molecule has 0 atom stereocenters. The first-order chi connectivity index (χ1) is 3.73. The second kappa shape index (κ2) is 11.2. The third-order valence-corrected chi connectivity index (χ3v) is 0. The van der Waals surface area contributed by atoms with Crippen LogP contribution < -0.4 is 10.2 Å². The van der Waals surface area contributed by atoms with E-state index in [1.165, 1.54) is 0 Å². The van der Waals surface area contributed by atoms with Crippen LogP contribution in [-0.4, -0.2) is 84.5 Å². The molecule has 0 aromatic rings. The van der Waals surface area contributed by atoms with Crippen molar-refractivity contribution >= 4 is 77.3 Å². The molecule has 0 fully saturated rings. The van der Waals surface area contributed by atoms with E-state index in [4.69, 9.17) is 32.5 Å². The summed E-state index contributed by atoms with van der Waals surface area (Å²) < 4.78 is 31.6. The molecule has 0 aliphatic carbocycles. The number of hydrogen-bond donors (Lipinski definition) is 2. The molecule has 0 rings (SSSR count). The molecule has 0 aliphatic rings. The third-order valence-electron chi connectivity index (χ3n) is 0. The fourth-order valence-electron chi connectivity index (χ4n) is 0. The monoisotopic (exact) mass is 224 g/mol. The molecule has 2 N–H and O–H groups in total. The summed E-state index contributed by atoms with van der Waals surface area (Å²) >= 11 is 0. The Labute approximate surface area is 109 Å². The van der Waals surface area contributed by atoms with Gasteiger partial charge < -0.3 is 15.0 Å². The summed E-state index contributed by atoms with van der Waals surface area (Å²) in [6, 6.07) is 0. The molecule has 11 heavy (non-hydrogen) atoms. The minimum Gasteiger partial charge on any atom is 2.00 e. The molecular weight excluding hydrogens is 220 g/mol. The van der Waals surface area contributed by atoms with Gasteiger partial charge >= 0.3 is 71.2 Å². The van der Waals surface area contributed by atoms with Crippen molar-refractivity contribution in [1.29, 1.82) is 0 Å². The Hall–Kier alpha value is 1.17. The van der Waals surface area contributed by atoms with Crippen molar-refractivity contribution in [2.45, 2.75) is 0 Å². The Bertz CT molecular complexity index is 161. The van der Waals surface area contributed by atoms with Gasteiger partial charge in [-0.1, -0.05) is 0 Å². The van der Waals surface area contributed by atoms with Crippen molar-refractivity contribution in [3.05, 3.63) is 0 Å². The zero-order chi connectivity index (χ0) is 8.08. The molecule has 0 radical (unpaired) electrons. The SMILES string of the molecule is O=C([O-])[O-].O=S(=O)(O)O.[CaH2].[Mg+2]. The van der Waals surface area contributed by atoms with Crippen molar-refractivity contribution in [1.82, 2.24) is 0 Å². The summed E-state index contributed by atoms with van der Waals surface area (Å²) in [5.41, 5.74) is 0. The van der Waals surface area contributed by atoms with Crippen LogP contribution >= 0.6 is 0 Å². The third kappa shape index (κ3) is 690. The van der Waals surface area contributed by atoms with E-state index in [1.54, 1.807) is 0 Å². The molecule has 0 saturated heterocycles. The van der Waals surface area contributed by atoms with Crippen LogP contribution in [0.5, 0.6) is 0 Å². The first-order valence-electron chi connectivity index (χ1n) is 1.31. The van der Waals surface area contributed by atoms with E-state index in [0.29, 0.717) is 0 Å². The first kappa shape index (κ1) is 22.7. The van der Waals surface area contributed by atoms with Crippen LogP contribution in [0, 0.1) is 0 Å². The molecular formula is CH4CaMgO7S. The quantitative estimate of drug-likeness (QED) is 0.313. The normalized spacial score (nSPS) is 7.45. The van der Waals surface area contributed by atoms with Crippen LogP contribution in [0.2, 0.25) is 0 Å². The summed E-state index contributed by atoms with van der Waals surface area (Å²) in [7, 11) is -4.67. The summed E-state index contributed by atoms with van der Waals surface area (Å²) in [5.74, 6) is 0. The minimum atomic E-state index is -4.67. The molecule has 10 heteroatoms. The van der Waals surface area contributed by atoms with Gasteiger partial charge in [-0.15, -0.1) is 0 Å². The predicted molar refractivity (Wildman–Crippen MR) is 33.9 cm³/mol. The van der Waals surface area contributed by atoms with Crippen molar-refractivity contribution in [3.63, 3.8) is 0 Å². The average Bonchev–Trinajstić information content (AvgIpc) is 1.19. The second-order valence-electron chi connectivity index (χ2n) is 0.698. The number of carbonyl (C=O) groups is 1. The van der Waals surface area contributed by atoms with E-state index < -0.39 is 16.6 Å². The van der Waals surface area contributed by atoms with Crippen molar-refractivity contribution in [2.75, 3.05) is 0 Å². The number of carbonyl (C=O) groups excluding carboxylic acids is 1. The molecule has 0 unspecified atom stereocenters. The molecule has 0 heterocycles. The predicted octanol–water partition coefficient (Wildman–Crippen LogP) is -4.40. The van der Waals surface area contributed by atoms with Gasteiger partial charge in [0.25, 0.3) is 0 Å². The molecule has 0 bridgehead atoms. The van der Waals surface area contributed by atoms with E-state index in [9.17, 15) is 0 Å². The van der Waals surface area contributed by atoms with Crippen LogP contribution in [0.15, 0.2) is 0 Å². The zero-order valence-corrected chi connectivity index (χ0v) is 6.78. The van der Waals surface area contributed by atoms with Gasteiger partial charge in [-0.2, -0.15) is 8.42 Å². The van der Waals surface area contributed by atoms with Crippen molar-refractivity contribution in [3.8, 4) is 0 Å². The Morgan fingerprint density at radius 3 is 1.18 bits per heavy atom. The average molecular weight is 224 g/mol. The van der Waals surface area contributed by atoms with Crippen molar-refractivity contribution < 1.29 is 32.5 Å². The molecule has 60 valence electrons. The van der Waals surface area contributed by atoms with Gasteiger partial charge in [-0.3, -0.25) is 9.11 Å². The molecule has 0 amide bonds. The van der Waals surface area contributed by atoms with Gasteiger partial charge in [-0.05, 0) is 6.16 Å². The van der Waals surface area contributed by atoms with Crippen molar-refractivity contribution in [2.24, 2.45) is 0 Å². The Kier molecular flexibility index (Phi) is 23.1. The molecule has 0 aromatic carbocycles. The van der Waals surface area contributed by atoms with E-state index >= 15 is 0 Å². The smallest absolute Gasteiger partial charge is 2.00 e. The molecule has 7 nitrogen and oxygen atoms in total. The summed E-state index contributed by atoms with van der Waals surface area (Å²) in [4.78, 5) is 8.33. The standard InChI is InChI=1S/CH2O3.Ca.Mg.H2O4S.2H/c2-1(3)4;;;1-5(2,3)4;;/h(H2,2,3,4);;;(H2,1,2,3,4);;/q;;+2;;;/p-2. The molecule has 0 aromatic heterocycles. The van der Waals surface area contributed by atoms with Gasteiger partial charge in [0.1, 0.15) is 0 Å². The van der Waals surface area contributed by atoms with Gasteiger partial charge in [0, 0.05) is 0 Å². The van der Waals surface area contributed by atoms with Crippen LogP contribution in [-0.2, 0) is 10.4 Å². The molecule has 0 saturated carbocycles. The first-order valence-corrected chi connectivity index (χ1v) is 2.71. The van der Waals surface area contributed by atoms with Gasteiger partial charge in [0.15, 0.2) is 0 Å². The topological polar surface area (TPSA) is 138 Å². The largest absolute Gasteiger partial charge is 2.00 e.